The lowest BCUT2D eigenvalue weighted by Crippen LogP contribution is -2.44. The molecule has 9 heteroatoms. The smallest absolute Gasteiger partial charge is 0.228 e. The van der Waals surface area contributed by atoms with E-state index in [0.717, 1.165) is 0 Å². The summed E-state index contributed by atoms with van der Waals surface area (Å²) in [5.74, 6) is -0.568. The van der Waals surface area contributed by atoms with E-state index in [2.05, 4.69) is 4.72 Å². The molecule has 3 unspecified atom stereocenters. The molecule has 0 bridgehead atoms. The van der Waals surface area contributed by atoms with Crippen LogP contribution in [-0.4, -0.2) is 45.0 Å². The van der Waals surface area contributed by atoms with Crippen LogP contribution in [-0.2, 0) is 19.9 Å². The van der Waals surface area contributed by atoms with Crippen molar-refractivity contribution in [2.45, 2.75) is 23.6 Å². The monoisotopic (exact) mass is 286 g/mol. The van der Waals surface area contributed by atoms with Gasteiger partial charge in [-0.3, -0.25) is 0 Å². The van der Waals surface area contributed by atoms with E-state index in [-0.39, 0.29) is 11.5 Å². The average molecular weight is 287 g/mol. The van der Waals surface area contributed by atoms with Crippen molar-refractivity contribution in [3.63, 3.8) is 0 Å². The maximum absolute atomic E-state index is 11.5. The predicted molar refractivity (Wildman–Crippen MR) is 59.2 cm³/mol. The highest BCUT2D eigenvalue weighted by Gasteiger charge is 2.39. The van der Waals surface area contributed by atoms with E-state index in [0.29, 0.717) is 0 Å². The Morgan fingerprint density at radius 1 is 1.50 bits per heavy atom. The molecule has 1 fully saturated rings. The third-order valence-electron chi connectivity index (χ3n) is 2.25. The van der Waals surface area contributed by atoms with Crippen LogP contribution in [0.1, 0.15) is 6.92 Å². The van der Waals surface area contributed by atoms with Gasteiger partial charge in [-0.05, 0) is 6.92 Å². The summed E-state index contributed by atoms with van der Waals surface area (Å²) in [6.07, 6.45) is 0. The number of nitrogens with zero attached hydrogens (tertiary/aromatic N) is 1. The molecule has 0 saturated carbocycles. The van der Waals surface area contributed by atoms with Crippen LogP contribution in [0.5, 0.6) is 0 Å². The lowest BCUT2D eigenvalue weighted by Gasteiger charge is -2.15. The van der Waals surface area contributed by atoms with E-state index >= 15 is 0 Å². The maximum atomic E-state index is 11.5. The van der Waals surface area contributed by atoms with E-state index < -0.39 is 36.5 Å². The second-order valence-electron chi connectivity index (χ2n) is 3.63. The number of alkyl halides is 1. The molecule has 0 spiro atoms. The van der Waals surface area contributed by atoms with Crippen LogP contribution in [0.25, 0.3) is 0 Å². The summed E-state index contributed by atoms with van der Waals surface area (Å²) in [4.78, 5) is 0. The molecule has 0 aromatic rings. The maximum Gasteiger partial charge on any atom is 0.228 e. The second kappa shape index (κ2) is 4.49. The third kappa shape index (κ3) is 3.07. The van der Waals surface area contributed by atoms with Gasteiger partial charge in [-0.1, -0.05) is 0 Å². The molecule has 1 heterocycles. The third-order valence-corrected chi connectivity index (χ3v) is 6.29. The minimum atomic E-state index is -3.84. The lowest BCUT2D eigenvalue weighted by atomic mass is 10.3. The van der Waals surface area contributed by atoms with Crippen molar-refractivity contribution in [1.82, 2.24) is 4.72 Å². The summed E-state index contributed by atoms with van der Waals surface area (Å²) in [6.45, 7) is 1.22. The minimum Gasteiger partial charge on any atom is -0.229 e. The first-order valence-electron chi connectivity index (χ1n) is 4.43. The fourth-order valence-corrected chi connectivity index (χ4v) is 5.04. The van der Waals surface area contributed by atoms with Crippen LogP contribution >= 0.6 is 11.6 Å². The molecule has 6 nitrogen and oxygen atoms in total. The highest BCUT2D eigenvalue weighted by Crippen LogP contribution is 2.19. The molecule has 0 aliphatic carbocycles. The Morgan fingerprint density at radius 3 is 2.44 bits per heavy atom. The molecular formula is C7H11ClN2O4S2. The van der Waals surface area contributed by atoms with Gasteiger partial charge in [-0.15, -0.1) is 11.6 Å². The molecule has 16 heavy (non-hydrogen) atoms. The Morgan fingerprint density at radius 2 is 2.06 bits per heavy atom. The van der Waals surface area contributed by atoms with Crippen molar-refractivity contribution < 1.29 is 16.8 Å². The topological polar surface area (TPSA) is 104 Å². The Kier molecular flexibility index (Phi) is 3.84. The standard InChI is InChI=1S/C7H11ClN2O4S2/c1-5(2-9)16(13,14)10-7-4-15(11,12)3-6(7)8/h5-7,10H,3-4H2,1H3. The van der Waals surface area contributed by atoms with Crippen molar-refractivity contribution in [3.8, 4) is 6.07 Å². The molecule has 1 saturated heterocycles. The molecule has 0 radical (unpaired) electrons. The SMILES string of the molecule is CC(C#N)S(=O)(=O)NC1CS(=O)(=O)CC1Cl. The zero-order valence-corrected chi connectivity index (χ0v) is 10.8. The number of halogens is 1. The van der Waals surface area contributed by atoms with Crippen LogP contribution in [0, 0.1) is 11.3 Å². The van der Waals surface area contributed by atoms with Crippen molar-refractivity contribution >= 4 is 31.5 Å². The molecule has 1 rings (SSSR count). The van der Waals surface area contributed by atoms with Crippen molar-refractivity contribution in [2.75, 3.05) is 11.5 Å². The summed E-state index contributed by atoms with van der Waals surface area (Å²) in [5, 5.41) is 6.47. The number of nitriles is 1. The van der Waals surface area contributed by atoms with Gasteiger partial charge in [0.25, 0.3) is 0 Å². The van der Waals surface area contributed by atoms with Crippen molar-refractivity contribution in [2.24, 2.45) is 0 Å². The van der Waals surface area contributed by atoms with E-state index in [1.165, 1.54) is 6.92 Å². The van der Waals surface area contributed by atoms with E-state index in [1.54, 1.807) is 6.07 Å². The van der Waals surface area contributed by atoms with Crippen molar-refractivity contribution in [3.05, 3.63) is 0 Å². The first kappa shape index (κ1) is 13.7. The Balaban J connectivity index is 2.82. The van der Waals surface area contributed by atoms with Gasteiger partial charge in [-0.25, -0.2) is 21.6 Å². The van der Waals surface area contributed by atoms with Gasteiger partial charge in [0.2, 0.25) is 10.0 Å². The van der Waals surface area contributed by atoms with Crippen LogP contribution in [0.2, 0.25) is 0 Å². The summed E-state index contributed by atoms with van der Waals surface area (Å²) in [7, 11) is -7.13. The van der Waals surface area contributed by atoms with Gasteiger partial charge in [0.15, 0.2) is 15.1 Å². The average Bonchev–Trinajstić information content (AvgIpc) is 2.37. The predicted octanol–water partition coefficient (Wildman–Crippen LogP) is -0.778. The highest BCUT2D eigenvalue weighted by atomic mass is 35.5. The Labute approximate surface area is 99.6 Å². The molecule has 0 aromatic heterocycles. The number of hydrogen-bond acceptors (Lipinski definition) is 5. The molecule has 0 amide bonds. The number of rotatable bonds is 3. The largest absolute Gasteiger partial charge is 0.229 e. The zero-order chi connectivity index (χ0) is 12.6. The molecule has 1 aliphatic rings. The highest BCUT2D eigenvalue weighted by molar-refractivity contribution is 7.92. The molecule has 0 aromatic carbocycles. The molecule has 1 N–H and O–H groups in total. The van der Waals surface area contributed by atoms with Gasteiger partial charge in [0, 0.05) is 0 Å². The number of hydrogen-bond donors (Lipinski definition) is 1. The van der Waals surface area contributed by atoms with Crippen molar-refractivity contribution in [1.29, 1.82) is 5.26 Å². The molecule has 1 aliphatic heterocycles. The zero-order valence-electron chi connectivity index (χ0n) is 8.42. The number of nitrogens with one attached hydrogen (secondary N) is 1. The van der Waals surface area contributed by atoms with Gasteiger partial charge in [-0.2, -0.15) is 5.26 Å². The lowest BCUT2D eigenvalue weighted by molar-refractivity contribution is 0.559. The summed E-state index contributed by atoms with van der Waals surface area (Å²) in [5.41, 5.74) is 0. The van der Waals surface area contributed by atoms with E-state index in [1.807, 2.05) is 0 Å². The van der Waals surface area contributed by atoms with Crippen LogP contribution in [0.3, 0.4) is 0 Å². The van der Waals surface area contributed by atoms with Gasteiger partial charge in [0.1, 0.15) is 0 Å². The fraction of sp³-hybridized carbons (Fsp3) is 0.857. The summed E-state index contributed by atoms with van der Waals surface area (Å²) in [6, 6.07) is 0.718. The van der Waals surface area contributed by atoms with E-state index in [4.69, 9.17) is 16.9 Å². The van der Waals surface area contributed by atoms with Crippen LogP contribution < -0.4 is 4.72 Å². The normalized spacial score (nSPS) is 30.8. The Bertz CT molecular complexity index is 507. The van der Waals surface area contributed by atoms with Gasteiger partial charge >= 0.3 is 0 Å². The van der Waals surface area contributed by atoms with Gasteiger partial charge < -0.3 is 0 Å². The Hall–Kier alpha value is -0.360. The number of sulfone groups is 1. The summed E-state index contributed by atoms with van der Waals surface area (Å²) < 4.78 is 47.5. The molecule has 3 atom stereocenters. The van der Waals surface area contributed by atoms with Gasteiger partial charge in [0.05, 0.1) is 29.0 Å². The fourth-order valence-electron chi connectivity index (χ4n) is 1.30. The molecule has 92 valence electrons. The summed E-state index contributed by atoms with van der Waals surface area (Å²) >= 11 is 5.73. The van der Waals surface area contributed by atoms with Crippen LogP contribution in [0.4, 0.5) is 0 Å². The first-order chi connectivity index (χ1) is 7.18. The number of sulfonamides is 1. The quantitative estimate of drug-likeness (QED) is 0.686. The van der Waals surface area contributed by atoms with Crippen LogP contribution in [0.15, 0.2) is 0 Å². The molecular weight excluding hydrogens is 276 g/mol. The first-order valence-corrected chi connectivity index (χ1v) is 8.23. The second-order valence-corrected chi connectivity index (χ2v) is 8.38. The minimum absolute atomic E-state index is 0.247. The van der Waals surface area contributed by atoms with E-state index in [9.17, 15) is 16.8 Å².